The molecule has 0 saturated carbocycles. The summed E-state index contributed by atoms with van der Waals surface area (Å²) < 4.78 is 53.8. The monoisotopic (exact) mass is 602 g/mol. The fourth-order valence-corrected chi connectivity index (χ4v) is 7.58. The SMILES string of the molecule is CCCCCCCCCCCCCCCCS(=O)(=O)CC(COC)(COC)CC(COP(=O)(O)O)[N+](C)(C)C. The predicted molar refractivity (Wildman–Crippen MR) is 160 cm³/mol. The molecule has 0 fully saturated rings. The van der Waals surface area contributed by atoms with Gasteiger partial charge in [0.15, 0.2) is 9.84 Å². The first-order chi connectivity index (χ1) is 18.2. The van der Waals surface area contributed by atoms with Crippen molar-refractivity contribution < 1.29 is 41.3 Å². The second-order valence-corrected chi connectivity index (χ2v) is 15.7. The molecule has 0 aliphatic carbocycles. The van der Waals surface area contributed by atoms with E-state index in [1.165, 1.54) is 78.4 Å². The number of unbranched alkanes of at least 4 members (excludes halogenated alkanes) is 13. The maximum Gasteiger partial charge on any atom is 0.469 e. The van der Waals surface area contributed by atoms with Crippen molar-refractivity contribution in [1.29, 1.82) is 0 Å². The fraction of sp³-hybridized carbons (Fsp3) is 1.00. The molecule has 0 aromatic carbocycles. The van der Waals surface area contributed by atoms with Crippen LogP contribution in [0.2, 0.25) is 0 Å². The normalized spacial score (nSPS) is 14.2. The molecule has 0 aliphatic heterocycles. The zero-order valence-corrected chi connectivity index (χ0v) is 27.6. The Kier molecular flexibility index (Phi) is 20.7. The first-order valence-electron chi connectivity index (χ1n) is 14.9. The quantitative estimate of drug-likeness (QED) is 0.0695. The minimum atomic E-state index is -4.66. The number of quaternary nitrogens is 1. The van der Waals surface area contributed by atoms with E-state index in [0.29, 0.717) is 17.3 Å². The number of hydrogen-bond donors (Lipinski definition) is 2. The highest BCUT2D eigenvalue weighted by atomic mass is 32.2. The summed E-state index contributed by atoms with van der Waals surface area (Å²) >= 11 is 0. The minimum Gasteiger partial charge on any atom is -0.384 e. The van der Waals surface area contributed by atoms with E-state index >= 15 is 0 Å². The largest absolute Gasteiger partial charge is 0.469 e. The van der Waals surface area contributed by atoms with Crippen molar-refractivity contribution >= 4 is 17.7 Å². The summed E-state index contributed by atoms with van der Waals surface area (Å²) in [5, 5.41) is 0. The molecular weight excluding hydrogens is 541 g/mol. The molecule has 0 aliphatic rings. The van der Waals surface area contributed by atoms with Gasteiger partial charge in [-0.05, 0) is 6.42 Å². The van der Waals surface area contributed by atoms with Crippen LogP contribution in [0.3, 0.4) is 0 Å². The van der Waals surface area contributed by atoms with Gasteiger partial charge in [-0.1, -0.05) is 90.4 Å². The number of phosphoric ester groups is 1. The third-order valence-corrected chi connectivity index (χ3v) is 9.88. The molecule has 1 atom stereocenters. The van der Waals surface area contributed by atoms with Gasteiger partial charge in [0.2, 0.25) is 0 Å². The summed E-state index contributed by atoms with van der Waals surface area (Å²) in [7, 11) is 0.669. The van der Waals surface area contributed by atoms with Crippen LogP contribution in [0.4, 0.5) is 0 Å². The zero-order valence-electron chi connectivity index (χ0n) is 25.9. The molecule has 0 aromatic heterocycles. The van der Waals surface area contributed by atoms with Crippen LogP contribution in [-0.4, -0.2) is 95.4 Å². The third-order valence-electron chi connectivity index (χ3n) is 7.44. The van der Waals surface area contributed by atoms with Crippen molar-refractivity contribution in [3.05, 3.63) is 0 Å². The molecule has 0 heterocycles. The van der Waals surface area contributed by atoms with Crippen molar-refractivity contribution in [2.75, 3.05) is 66.7 Å². The van der Waals surface area contributed by atoms with Crippen molar-refractivity contribution in [3.8, 4) is 0 Å². The average molecular weight is 603 g/mol. The van der Waals surface area contributed by atoms with Gasteiger partial charge in [0.1, 0.15) is 12.6 Å². The molecule has 11 heteroatoms. The molecule has 0 amide bonds. The Bertz CT molecular complexity index is 745. The maximum atomic E-state index is 13.2. The molecule has 0 spiro atoms. The van der Waals surface area contributed by atoms with E-state index in [1.54, 1.807) is 0 Å². The fourth-order valence-electron chi connectivity index (χ4n) is 5.21. The van der Waals surface area contributed by atoms with Crippen LogP contribution in [0.5, 0.6) is 0 Å². The number of nitrogens with zero attached hydrogens (tertiary/aromatic N) is 1. The Morgan fingerprint density at radius 1 is 0.769 bits per heavy atom. The van der Waals surface area contributed by atoms with Gasteiger partial charge in [-0.25, -0.2) is 13.0 Å². The van der Waals surface area contributed by atoms with Gasteiger partial charge < -0.3 is 23.7 Å². The minimum absolute atomic E-state index is 0.105. The molecule has 0 bridgehead atoms. The second-order valence-electron chi connectivity index (χ2n) is 12.3. The molecule has 0 radical (unpaired) electrons. The van der Waals surface area contributed by atoms with Crippen LogP contribution >= 0.6 is 7.82 Å². The van der Waals surface area contributed by atoms with E-state index < -0.39 is 23.1 Å². The highest BCUT2D eigenvalue weighted by molar-refractivity contribution is 7.91. The van der Waals surface area contributed by atoms with Crippen LogP contribution in [0.25, 0.3) is 0 Å². The summed E-state index contributed by atoms with van der Waals surface area (Å²) in [4.78, 5) is 18.4. The van der Waals surface area contributed by atoms with E-state index in [1.807, 2.05) is 21.1 Å². The first-order valence-corrected chi connectivity index (χ1v) is 18.2. The predicted octanol–water partition coefficient (Wildman–Crippen LogP) is 5.74. The average Bonchev–Trinajstić information content (AvgIpc) is 2.80. The van der Waals surface area contributed by atoms with E-state index in [-0.39, 0.29) is 37.4 Å². The highest BCUT2D eigenvalue weighted by Gasteiger charge is 2.42. The van der Waals surface area contributed by atoms with E-state index in [2.05, 4.69) is 6.92 Å². The summed E-state index contributed by atoms with van der Waals surface area (Å²) in [5.41, 5.74) is -0.854. The van der Waals surface area contributed by atoms with Crippen molar-refractivity contribution in [2.45, 2.75) is 109 Å². The number of hydrogen-bond acceptors (Lipinski definition) is 6. The molecule has 2 N–H and O–H groups in total. The molecule has 236 valence electrons. The molecular formula is C28H61NO8PS+. The lowest BCUT2D eigenvalue weighted by Gasteiger charge is -2.41. The van der Waals surface area contributed by atoms with Crippen LogP contribution < -0.4 is 0 Å². The highest BCUT2D eigenvalue weighted by Crippen LogP contribution is 2.38. The number of sulfone groups is 1. The standard InChI is InChI=1S/C28H60NO8PS/c1-7-8-9-10-11-12-13-14-15-16-17-18-19-20-21-39(33,34)26-28(24-35-5,25-36-6)22-27(29(2,3)4)23-37-38(30,31)32/h27H,7-26H2,1-6H3,(H-,30,31,32)/p+1. The Balaban J connectivity index is 4.69. The van der Waals surface area contributed by atoms with E-state index in [4.69, 9.17) is 14.0 Å². The smallest absolute Gasteiger partial charge is 0.384 e. The summed E-state index contributed by atoms with van der Waals surface area (Å²) in [6.45, 7) is 2.36. The summed E-state index contributed by atoms with van der Waals surface area (Å²) in [5.74, 6) is 0.0147. The molecule has 9 nitrogen and oxygen atoms in total. The molecule has 1 unspecified atom stereocenters. The van der Waals surface area contributed by atoms with Gasteiger partial charge in [-0.3, -0.25) is 4.52 Å². The van der Waals surface area contributed by atoms with Gasteiger partial charge in [0, 0.05) is 26.1 Å². The number of phosphoric acid groups is 1. The van der Waals surface area contributed by atoms with Crippen LogP contribution in [0.15, 0.2) is 0 Å². The lowest BCUT2D eigenvalue weighted by Crippen LogP contribution is -2.53. The number of likely N-dealkylation sites (N-methyl/N-ethyl adjacent to an activating group) is 1. The summed E-state index contributed by atoms with van der Waals surface area (Å²) in [6, 6.07) is -0.376. The van der Waals surface area contributed by atoms with Crippen LogP contribution in [-0.2, 0) is 28.4 Å². The Hall–Kier alpha value is -0.0600. The van der Waals surface area contributed by atoms with Gasteiger partial charge in [-0.15, -0.1) is 0 Å². The van der Waals surface area contributed by atoms with Gasteiger partial charge in [0.25, 0.3) is 0 Å². The number of rotatable bonds is 27. The molecule has 39 heavy (non-hydrogen) atoms. The topological polar surface area (TPSA) is 119 Å². The van der Waals surface area contributed by atoms with Gasteiger partial charge in [-0.2, -0.15) is 0 Å². The Morgan fingerprint density at radius 2 is 1.18 bits per heavy atom. The number of ether oxygens (including phenoxy) is 2. The Labute approximate surface area is 240 Å². The van der Waals surface area contributed by atoms with E-state index in [0.717, 1.165) is 19.3 Å². The van der Waals surface area contributed by atoms with Crippen molar-refractivity contribution in [2.24, 2.45) is 5.41 Å². The van der Waals surface area contributed by atoms with Gasteiger partial charge in [0.05, 0.1) is 45.9 Å². The number of methoxy groups -OCH3 is 2. The second kappa shape index (κ2) is 20.8. The van der Waals surface area contributed by atoms with Crippen molar-refractivity contribution in [3.63, 3.8) is 0 Å². The summed E-state index contributed by atoms with van der Waals surface area (Å²) in [6.07, 6.45) is 17.3. The van der Waals surface area contributed by atoms with Gasteiger partial charge >= 0.3 is 7.82 Å². The zero-order chi connectivity index (χ0) is 29.8. The van der Waals surface area contributed by atoms with E-state index in [9.17, 15) is 22.8 Å². The third kappa shape index (κ3) is 21.3. The lowest BCUT2D eigenvalue weighted by molar-refractivity contribution is -0.897. The Morgan fingerprint density at radius 3 is 1.54 bits per heavy atom. The van der Waals surface area contributed by atoms with Crippen molar-refractivity contribution in [1.82, 2.24) is 0 Å². The molecule has 0 aromatic rings. The molecule has 0 saturated heterocycles. The maximum absolute atomic E-state index is 13.2. The van der Waals surface area contributed by atoms with Crippen LogP contribution in [0, 0.1) is 5.41 Å². The molecule has 0 rings (SSSR count). The lowest BCUT2D eigenvalue weighted by atomic mass is 9.84. The first kappa shape index (κ1) is 38.9. The van der Waals surface area contributed by atoms with Crippen LogP contribution in [0.1, 0.15) is 103 Å².